The first-order chi connectivity index (χ1) is 11.0. The molecular weight excluding hydrogens is 346 g/mol. The SMILES string of the molecule is CO[C@@]1(CO)C(=O)N2C(C(=O)O)=C(CSc3nnnn3C)S[C@@H]21. The fraction of sp³-hybridized carbons (Fsp3) is 0.545. The molecular formula is C11H13N5O5S2. The Kier molecular flexibility index (Phi) is 4.08. The number of aryl methyl sites for hydroxylation is 1. The van der Waals surface area contributed by atoms with E-state index >= 15 is 0 Å². The van der Waals surface area contributed by atoms with Gasteiger partial charge in [-0.05, 0) is 10.4 Å². The average molecular weight is 359 g/mol. The fourth-order valence-electron chi connectivity index (χ4n) is 2.45. The van der Waals surface area contributed by atoms with Crippen molar-refractivity contribution >= 4 is 35.4 Å². The van der Waals surface area contributed by atoms with Gasteiger partial charge in [-0.15, -0.1) is 5.10 Å². The molecule has 2 aliphatic rings. The molecule has 3 heterocycles. The van der Waals surface area contributed by atoms with Crippen LogP contribution >= 0.6 is 23.5 Å². The Bertz CT molecular complexity index is 701. The number of ether oxygens (including phenoxy) is 1. The van der Waals surface area contributed by atoms with Crippen molar-refractivity contribution in [3.63, 3.8) is 0 Å². The summed E-state index contributed by atoms with van der Waals surface area (Å²) in [5.41, 5.74) is -1.46. The third kappa shape index (κ3) is 2.24. The molecule has 3 rings (SSSR count). The molecule has 124 valence electrons. The summed E-state index contributed by atoms with van der Waals surface area (Å²) < 4.78 is 6.64. The highest BCUT2D eigenvalue weighted by molar-refractivity contribution is 8.06. The first-order valence-corrected chi connectivity index (χ1v) is 8.30. The fourth-order valence-corrected chi connectivity index (χ4v) is 4.95. The normalized spacial score (nSPS) is 26.5. The van der Waals surface area contributed by atoms with Crippen molar-refractivity contribution < 1.29 is 24.5 Å². The van der Waals surface area contributed by atoms with Crippen LogP contribution in [0, 0.1) is 0 Å². The van der Waals surface area contributed by atoms with Crippen LogP contribution in [0.15, 0.2) is 15.8 Å². The van der Waals surface area contributed by atoms with E-state index in [0.717, 1.165) is 4.90 Å². The van der Waals surface area contributed by atoms with Crippen LogP contribution in [-0.2, 0) is 21.4 Å². The molecule has 0 aromatic carbocycles. The monoisotopic (exact) mass is 359 g/mol. The standard InChI is InChI=1S/C11H13N5O5S2/c1-15-10(12-13-14-15)22-3-5-6(7(18)19)16-8(20)11(4-17,21-2)9(16)23-5/h9,17H,3-4H2,1-2H3,(H,18,19)/t9-,11+/m1/s1. The number of hydrogen-bond acceptors (Lipinski definition) is 9. The van der Waals surface area contributed by atoms with Crippen molar-refractivity contribution in [3.8, 4) is 0 Å². The van der Waals surface area contributed by atoms with Gasteiger partial charge in [0.1, 0.15) is 11.1 Å². The number of β-lactam (4-membered cyclic amide) rings is 1. The Hall–Kier alpha value is -1.63. The number of carbonyl (C=O) groups is 2. The predicted molar refractivity (Wildman–Crippen MR) is 79.2 cm³/mol. The summed E-state index contributed by atoms with van der Waals surface area (Å²) in [7, 11) is 3.00. The maximum Gasteiger partial charge on any atom is 0.353 e. The molecule has 10 nitrogen and oxygen atoms in total. The molecule has 1 saturated heterocycles. The number of aliphatic hydroxyl groups excluding tert-OH is 1. The number of thioether (sulfide) groups is 2. The number of aliphatic carboxylic acids is 1. The second-order valence-corrected chi connectivity index (χ2v) is 6.97. The summed E-state index contributed by atoms with van der Waals surface area (Å²) in [6.07, 6.45) is 0. The Morgan fingerprint density at radius 3 is 2.83 bits per heavy atom. The summed E-state index contributed by atoms with van der Waals surface area (Å²) >= 11 is 2.47. The third-order valence-electron chi connectivity index (χ3n) is 3.69. The molecule has 1 amide bonds. The number of methoxy groups -OCH3 is 1. The first-order valence-electron chi connectivity index (χ1n) is 6.44. The van der Waals surface area contributed by atoms with E-state index in [-0.39, 0.29) is 5.70 Å². The summed E-state index contributed by atoms with van der Waals surface area (Å²) in [4.78, 5) is 25.5. The van der Waals surface area contributed by atoms with Gasteiger partial charge in [0, 0.05) is 24.8 Å². The van der Waals surface area contributed by atoms with Crippen LogP contribution in [0.1, 0.15) is 0 Å². The van der Waals surface area contributed by atoms with Crippen LogP contribution in [0.3, 0.4) is 0 Å². The van der Waals surface area contributed by atoms with E-state index in [4.69, 9.17) is 4.74 Å². The van der Waals surface area contributed by atoms with Gasteiger partial charge >= 0.3 is 5.97 Å². The topological polar surface area (TPSA) is 131 Å². The number of tetrazole rings is 1. The molecule has 1 aromatic heterocycles. The van der Waals surface area contributed by atoms with Gasteiger partial charge in [0.2, 0.25) is 5.16 Å². The minimum Gasteiger partial charge on any atom is -0.477 e. The number of amides is 1. The largest absolute Gasteiger partial charge is 0.477 e. The molecule has 0 spiro atoms. The molecule has 0 aliphatic carbocycles. The highest BCUT2D eigenvalue weighted by Gasteiger charge is 2.67. The van der Waals surface area contributed by atoms with Gasteiger partial charge < -0.3 is 14.9 Å². The number of carbonyl (C=O) groups excluding carboxylic acids is 1. The average Bonchev–Trinajstić information content (AvgIpc) is 3.09. The summed E-state index contributed by atoms with van der Waals surface area (Å²) in [6, 6.07) is 0. The molecule has 1 aromatic rings. The van der Waals surface area contributed by atoms with Crippen molar-refractivity contribution in [2.75, 3.05) is 19.5 Å². The number of fused-ring (bicyclic) bond motifs is 1. The zero-order valence-electron chi connectivity index (χ0n) is 12.2. The summed E-state index contributed by atoms with van der Waals surface area (Å²) in [6.45, 7) is -0.503. The van der Waals surface area contributed by atoms with E-state index in [2.05, 4.69) is 15.5 Å². The second kappa shape index (κ2) is 5.78. The maximum atomic E-state index is 12.3. The second-order valence-electron chi connectivity index (χ2n) is 4.85. The van der Waals surface area contributed by atoms with Crippen molar-refractivity contribution in [2.24, 2.45) is 7.05 Å². The number of carboxylic acids is 1. The van der Waals surface area contributed by atoms with Gasteiger partial charge in [-0.1, -0.05) is 23.5 Å². The first kappa shape index (κ1) is 16.2. The van der Waals surface area contributed by atoms with Crippen LogP contribution in [-0.4, -0.2) is 77.6 Å². The Morgan fingerprint density at radius 1 is 1.57 bits per heavy atom. The van der Waals surface area contributed by atoms with Gasteiger partial charge in [0.25, 0.3) is 5.91 Å². The Morgan fingerprint density at radius 2 is 2.30 bits per heavy atom. The highest BCUT2D eigenvalue weighted by Crippen LogP contribution is 2.53. The van der Waals surface area contributed by atoms with E-state index in [1.807, 2.05) is 0 Å². The van der Waals surface area contributed by atoms with E-state index in [1.165, 1.54) is 35.3 Å². The number of aromatic nitrogens is 4. The van der Waals surface area contributed by atoms with Crippen LogP contribution < -0.4 is 0 Å². The van der Waals surface area contributed by atoms with E-state index in [1.54, 1.807) is 7.05 Å². The number of aliphatic hydroxyl groups is 1. The van der Waals surface area contributed by atoms with Crippen LogP contribution in [0.2, 0.25) is 0 Å². The zero-order valence-corrected chi connectivity index (χ0v) is 13.8. The molecule has 0 bridgehead atoms. The minimum atomic E-state index is -1.38. The third-order valence-corrected chi connectivity index (χ3v) is 6.35. The molecule has 1 fully saturated rings. The molecule has 0 radical (unpaired) electrons. The molecule has 23 heavy (non-hydrogen) atoms. The van der Waals surface area contributed by atoms with E-state index in [9.17, 15) is 19.8 Å². The number of rotatable bonds is 6. The lowest BCUT2D eigenvalue weighted by atomic mass is 9.92. The van der Waals surface area contributed by atoms with Crippen molar-refractivity contribution in [2.45, 2.75) is 16.1 Å². The van der Waals surface area contributed by atoms with Crippen LogP contribution in [0.5, 0.6) is 0 Å². The van der Waals surface area contributed by atoms with Crippen molar-refractivity contribution in [1.82, 2.24) is 25.1 Å². The molecule has 0 saturated carbocycles. The molecule has 2 N–H and O–H groups in total. The zero-order chi connectivity index (χ0) is 16.8. The van der Waals surface area contributed by atoms with E-state index in [0.29, 0.717) is 15.8 Å². The lowest BCUT2D eigenvalue weighted by Crippen LogP contribution is -2.73. The van der Waals surface area contributed by atoms with Gasteiger partial charge in [-0.25, -0.2) is 9.48 Å². The van der Waals surface area contributed by atoms with Gasteiger partial charge in [-0.3, -0.25) is 9.69 Å². The Balaban J connectivity index is 1.84. The number of hydrogen-bond donors (Lipinski definition) is 2. The minimum absolute atomic E-state index is 0.0752. The van der Waals surface area contributed by atoms with Gasteiger partial charge in [-0.2, -0.15) is 0 Å². The van der Waals surface area contributed by atoms with Gasteiger partial charge in [0.15, 0.2) is 5.60 Å². The smallest absolute Gasteiger partial charge is 0.353 e. The van der Waals surface area contributed by atoms with Gasteiger partial charge in [0.05, 0.1) is 6.61 Å². The van der Waals surface area contributed by atoms with Crippen molar-refractivity contribution in [1.29, 1.82) is 0 Å². The lowest BCUT2D eigenvalue weighted by Gasteiger charge is -2.49. The number of carboxylic acid groups (broad SMARTS) is 1. The Labute approximate surface area is 138 Å². The van der Waals surface area contributed by atoms with E-state index < -0.39 is 29.5 Å². The quantitative estimate of drug-likeness (QED) is 0.476. The van der Waals surface area contributed by atoms with Crippen LogP contribution in [0.25, 0.3) is 0 Å². The molecule has 12 heteroatoms. The molecule has 2 atom stereocenters. The molecule has 2 aliphatic heterocycles. The highest BCUT2D eigenvalue weighted by atomic mass is 32.2. The number of nitrogens with zero attached hydrogens (tertiary/aromatic N) is 5. The maximum absolute atomic E-state index is 12.3. The molecule has 0 unspecified atom stereocenters. The predicted octanol–water partition coefficient (Wildman–Crippen LogP) is -1.11. The van der Waals surface area contributed by atoms with Crippen LogP contribution in [0.4, 0.5) is 0 Å². The summed E-state index contributed by atoms with van der Waals surface area (Å²) in [5.74, 6) is -1.44. The lowest BCUT2D eigenvalue weighted by molar-refractivity contribution is -0.189. The summed E-state index contributed by atoms with van der Waals surface area (Å²) in [5, 5.41) is 29.9. The van der Waals surface area contributed by atoms with Crippen molar-refractivity contribution in [3.05, 3.63) is 10.6 Å².